The standard InChI is InChI=1S/C12H23NO/c1-5-6-7-8-14-10-12(4)9-13-11(2)3/h5,11,13H,1,4,6-10H2,2-3H3. The van der Waals surface area contributed by atoms with E-state index in [2.05, 4.69) is 32.3 Å². The van der Waals surface area contributed by atoms with Crippen LogP contribution >= 0.6 is 0 Å². The van der Waals surface area contributed by atoms with Gasteiger partial charge in [-0.1, -0.05) is 26.5 Å². The summed E-state index contributed by atoms with van der Waals surface area (Å²) < 4.78 is 5.44. The number of nitrogens with one attached hydrogen (secondary N) is 1. The van der Waals surface area contributed by atoms with Crippen molar-refractivity contribution in [2.45, 2.75) is 32.7 Å². The van der Waals surface area contributed by atoms with Gasteiger partial charge in [-0.15, -0.1) is 6.58 Å². The molecule has 0 aliphatic rings. The Labute approximate surface area is 88.0 Å². The van der Waals surface area contributed by atoms with E-state index in [0.29, 0.717) is 12.6 Å². The van der Waals surface area contributed by atoms with Crippen LogP contribution in [0.15, 0.2) is 24.8 Å². The highest BCUT2D eigenvalue weighted by Gasteiger charge is 1.96. The van der Waals surface area contributed by atoms with Crippen molar-refractivity contribution in [3.05, 3.63) is 24.8 Å². The maximum absolute atomic E-state index is 5.44. The highest BCUT2D eigenvalue weighted by Crippen LogP contribution is 1.94. The van der Waals surface area contributed by atoms with E-state index in [1.54, 1.807) is 0 Å². The van der Waals surface area contributed by atoms with E-state index >= 15 is 0 Å². The lowest BCUT2D eigenvalue weighted by molar-refractivity contribution is 0.152. The molecule has 0 aliphatic heterocycles. The Morgan fingerprint density at radius 2 is 2.21 bits per heavy atom. The van der Waals surface area contributed by atoms with Crippen LogP contribution in [0.25, 0.3) is 0 Å². The minimum Gasteiger partial charge on any atom is -0.377 e. The summed E-state index contributed by atoms with van der Waals surface area (Å²) in [7, 11) is 0. The van der Waals surface area contributed by atoms with Gasteiger partial charge < -0.3 is 10.1 Å². The molecule has 0 heterocycles. The first-order valence-electron chi connectivity index (χ1n) is 5.25. The summed E-state index contributed by atoms with van der Waals surface area (Å²) in [5.74, 6) is 0. The van der Waals surface area contributed by atoms with Crippen LogP contribution < -0.4 is 5.32 Å². The predicted molar refractivity (Wildman–Crippen MR) is 62.5 cm³/mol. The van der Waals surface area contributed by atoms with Crippen LogP contribution in [0, 0.1) is 0 Å². The van der Waals surface area contributed by atoms with E-state index in [0.717, 1.165) is 31.6 Å². The zero-order valence-electron chi connectivity index (χ0n) is 9.51. The summed E-state index contributed by atoms with van der Waals surface area (Å²) in [6.45, 7) is 14.2. The monoisotopic (exact) mass is 197 g/mol. The van der Waals surface area contributed by atoms with Crippen molar-refractivity contribution in [3.8, 4) is 0 Å². The first-order valence-corrected chi connectivity index (χ1v) is 5.25. The molecule has 0 fully saturated rings. The van der Waals surface area contributed by atoms with Gasteiger partial charge in [0.15, 0.2) is 0 Å². The Kier molecular flexibility index (Phi) is 8.59. The number of ether oxygens (including phenoxy) is 1. The molecule has 82 valence electrons. The van der Waals surface area contributed by atoms with Gasteiger partial charge in [-0.2, -0.15) is 0 Å². The molecule has 0 rings (SSSR count). The SMILES string of the molecule is C=CCCCOCC(=C)CNC(C)C. The largest absolute Gasteiger partial charge is 0.377 e. The molecule has 0 aliphatic carbocycles. The fourth-order valence-corrected chi connectivity index (χ4v) is 0.946. The predicted octanol–water partition coefficient (Wildman–Crippen LogP) is 2.52. The zero-order valence-corrected chi connectivity index (χ0v) is 9.51. The Morgan fingerprint density at radius 1 is 1.50 bits per heavy atom. The molecule has 0 aromatic rings. The number of allylic oxidation sites excluding steroid dienone is 1. The van der Waals surface area contributed by atoms with Crippen LogP contribution in [0.2, 0.25) is 0 Å². The van der Waals surface area contributed by atoms with E-state index in [1.807, 2.05) is 6.08 Å². The molecule has 0 spiro atoms. The second-order valence-electron chi connectivity index (χ2n) is 3.77. The lowest BCUT2D eigenvalue weighted by Crippen LogP contribution is -2.25. The van der Waals surface area contributed by atoms with Gasteiger partial charge in [-0.25, -0.2) is 0 Å². The molecule has 1 N–H and O–H groups in total. The number of rotatable bonds is 9. The number of hydrogen-bond donors (Lipinski definition) is 1. The van der Waals surface area contributed by atoms with E-state index in [-0.39, 0.29) is 0 Å². The van der Waals surface area contributed by atoms with Crippen LogP contribution in [0.3, 0.4) is 0 Å². The summed E-state index contributed by atoms with van der Waals surface area (Å²) >= 11 is 0. The third kappa shape index (κ3) is 9.49. The van der Waals surface area contributed by atoms with Crippen molar-refractivity contribution in [2.75, 3.05) is 19.8 Å². The van der Waals surface area contributed by atoms with E-state index in [4.69, 9.17) is 4.74 Å². The highest BCUT2D eigenvalue weighted by atomic mass is 16.5. The molecule has 0 saturated heterocycles. The summed E-state index contributed by atoms with van der Waals surface area (Å²) in [6, 6.07) is 0.507. The zero-order chi connectivity index (χ0) is 10.8. The molecular weight excluding hydrogens is 174 g/mol. The average Bonchev–Trinajstić information content (AvgIpc) is 2.14. The molecule has 0 bridgehead atoms. The molecule has 2 nitrogen and oxygen atoms in total. The third-order valence-corrected chi connectivity index (χ3v) is 1.76. The quantitative estimate of drug-likeness (QED) is 0.453. The maximum atomic E-state index is 5.44. The van der Waals surface area contributed by atoms with Crippen LogP contribution in [0.5, 0.6) is 0 Å². The molecule has 14 heavy (non-hydrogen) atoms. The molecule has 0 saturated carbocycles. The van der Waals surface area contributed by atoms with Crippen LogP contribution in [-0.2, 0) is 4.74 Å². The normalized spacial score (nSPS) is 10.5. The summed E-state index contributed by atoms with van der Waals surface area (Å²) in [5.41, 5.74) is 1.11. The Morgan fingerprint density at radius 3 is 2.79 bits per heavy atom. The smallest absolute Gasteiger partial charge is 0.0686 e. The van der Waals surface area contributed by atoms with Gasteiger partial charge in [0.2, 0.25) is 0 Å². The fraction of sp³-hybridized carbons (Fsp3) is 0.667. The van der Waals surface area contributed by atoms with E-state index < -0.39 is 0 Å². The molecule has 0 amide bonds. The van der Waals surface area contributed by atoms with Crippen molar-refractivity contribution in [3.63, 3.8) is 0 Å². The summed E-state index contributed by atoms with van der Waals surface area (Å²) in [5, 5.41) is 3.30. The Bertz CT molecular complexity index is 164. The van der Waals surface area contributed by atoms with Crippen molar-refractivity contribution in [2.24, 2.45) is 0 Å². The van der Waals surface area contributed by atoms with Crippen LogP contribution in [-0.4, -0.2) is 25.8 Å². The average molecular weight is 197 g/mol. The minimum atomic E-state index is 0.507. The lowest BCUT2D eigenvalue weighted by atomic mass is 10.3. The molecule has 0 aromatic heterocycles. The molecular formula is C12H23NO. The summed E-state index contributed by atoms with van der Waals surface area (Å²) in [4.78, 5) is 0. The van der Waals surface area contributed by atoms with Crippen molar-refractivity contribution >= 4 is 0 Å². The lowest BCUT2D eigenvalue weighted by Gasteiger charge is -2.10. The van der Waals surface area contributed by atoms with Crippen molar-refractivity contribution < 1.29 is 4.74 Å². The Hall–Kier alpha value is -0.600. The second-order valence-corrected chi connectivity index (χ2v) is 3.77. The topological polar surface area (TPSA) is 21.3 Å². The number of hydrogen-bond acceptors (Lipinski definition) is 2. The second kappa shape index (κ2) is 8.97. The van der Waals surface area contributed by atoms with Gasteiger partial charge in [-0.3, -0.25) is 0 Å². The first kappa shape index (κ1) is 13.4. The maximum Gasteiger partial charge on any atom is 0.0686 e. The fourth-order valence-electron chi connectivity index (χ4n) is 0.946. The van der Waals surface area contributed by atoms with Crippen LogP contribution in [0.1, 0.15) is 26.7 Å². The Balaban J connectivity index is 3.22. The van der Waals surface area contributed by atoms with Gasteiger partial charge in [0.25, 0.3) is 0 Å². The van der Waals surface area contributed by atoms with Gasteiger partial charge in [0.1, 0.15) is 0 Å². The molecule has 0 atom stereocenters. The number of unbranched alkanes of at least 4 members (excludes halogenated alkanes) is 1. The van der Waals surface area contributed by atoms with Crippen molar-refractivity contribution in [1.82, 2.24) is 5.32 Å². The van der Waals surface area contributed by atoms with Gasteiger partial charge >= 0.3 is 0 Å². The van der Waals surface area contributed by atoms with Gasteiger partial charge in [-0.05, 0) is 18.4 Å². The summed E-state index contributed by atoms with van der Waals surface area (Å²) in [6.07, 6.45) is 3.99. The highest BCUT2D eigenvalue weighted by molar-refractivity contribution is 4.97. The van der Waals surface area contributed by atoms with Crippen molar-refractivity contribution in [1.29, 1.82) is 0 Å². The molecule has 0 aromatic carbocycles. The van der Waals surface area contributed by atoms with Gasteiger partial charge in [0, 0.05) is 19.2 Å². The molecule has 0 radical (unpaired) electrons. The first-order chi connectivity index (χ1) is 6.66. The minimum absolute atomic E-state index is 0.507. The van der Waals surface area contributed by atoms with Crippen LogP contribution in [0.4, 0.5) is 0 Å². The van der Waals surface area contributed by atoms with E-state index in [9.17, 15) is 0 Å². The van der Waals surface area contributed by atoms with E-state index in [1.165, 1.54) is 0 Å². The van der Waals surface area contributed by atoms with Gasteiger partial charge in [0.05, 0.1) is 6.61 Å². The molecule has 2 heteroatoms. The molecule has 0 unspecified atom stereocenters. The third-order valence-electron chi connectivity index (χ3n) is 1.76.